The maximum atomic E-state index is 12.0. The topological polar surface area (TPSA) is 152 Å². The first-order valence-electron chi connectivity index (χ1n) is 7.79. The van der Waals surface area contributed by atoms with E-state index in [4.69, 9.17) is 14.5 Å². The summed E-state index contributed by atoms with van der Waals surface area (Å²) < 4.78 is 33.5. The van der Waals surface area contributed by atoms with Gasteiger partial charge in [-0.1, -0.05) is 25.0 Å². The average Bonchev–Trinajstić information content (AvgIpc) is 2.62. The molecular weight excluding hydrogens is 364 g/mol. The number of ether oxygens (including phenoxy) is 1. The van der Waals surface area contributed by atoms with E-state index in [-0.39, 0.29) is 25.3 Å². The molecule has 144 valence electrons. The van der Waals surface area contributed by atoms with E-state index in [1.54, 1.807) is 18.3 Å². The van der Waals surface area contributed by atoms with E-state index >= 15 is 0 Å². The lowest BCUT2D eigenvalue weighted by Crippen LogP contribution is -2.41. The summed E-state index contributed by atoms with van der Waals surface area (Å²) in [5.41, 5.74) is 7.60. The highest BCUT2D eigenvalue weighted by molar-refractivity contribution is 7.86. The zero-order valence-electron chi connectivity index (χ0n) is 14.6. The van der Waals surface area contributed by atoms with Crippen molar-refractivity contribution in [3.8, 4) is 0 Å². The Kier molecular flexibility index (Phi) is 8.46. The lowest BCUT2D eigenvalue weighted by atomic mass is 9.88. The molecule has 1 aromatic rings. The van der Waals surface area contributed by atoms with Crippen molar-refractivity contribution in [1.82, 2.24) is 4.98 Å². The van der Waals surface area contributed by atoms with E-state index < -0.39 is 34.2 Å². The first-order valence-corrected chi connectivity index (χ1v) is 9.37. The molecule has 0 aromatic carbocycles. The highest BCUT2D eigenvalue weighted by Gasteiger charge is 2.36. The molecule has 0 saturated heterocycles. The van der Waals surface area contributed by atoms with Gasteiger partial charge in [-0.25, -0.2) is 4.79 Å². The molecule has 0 saturated carbocycles. The molecule has 0 radical (unpaired) electrons. The number of aliphatic hydroxyl groups excluding tert-OH is 1. The number of hydrogen-bond acceptors (Lipinski definition) is 8. The molecule has 1 aromatic heterocycles. The van der Waals surface area contributed by atoms with Gasteiger partial charge < -0.3 is 9.84 Å². The molecule has 0 aliphatic heterocycles. The van der Waals surface area contributed by atoms with Crippen LogP contribution in [0.5, 0.6) is 0 Å². The Hall–Kier alpha value is -2.20. The molecule has 11 heteroatoms. The van der Waals surface area contributed by atoms with Crippen LogP contribution in [0.15, 0.2) is 29.6 Å². The predicted octanol–water partition coefficient (Wildman–Crippen LogP) is 1.56. The number of azide groups is 1. The average molecular weight is 386 g/mol. The van der Waals surface area contributed by atoms with E-state index in [0.29, 0.717) is 5.56 Å². The van der Waals surface area contributed by atoms with Gasteiger partial charge >= 0.3 is 5.97 Å². The van der Waals surface area contributed by atoms with Gasteiger partial charge in [-0.2, -0.15) is 8.42 Å². The molecule has 0 aliphatic rings. The summed E-state index contributed by atoms with van der Waals surface area (Å²) in [7, 11) is -3.86. The van der Waals surface area contributed by atoms with Gasteiger partial charge in [-0.05, 0) is 18.0 Å². The molecule has 1 rings (SSSR count). The van der Waals surface area contributed by atoms with Crippen LogP contribution < -0.4 is 0 Å². The van der Waals surface area contributed by atoms with Crippen LogP contribution in [0.3, 0.4) is 0 Å². The van der Waals surface area contributed by atoms with E-state index in [9.17, 15) is 18.3 Å². The van der Waals surface area contributed by atoms with Gasteiger partial charge in [0, 0.05) is 34.8 Å². The van der Waals surface area contributed by atoms with Crippen molar-refractivity contribution in [1.29, 1.82) is 0 Å². The van der Waals surface area contributed by atoms with Crippen LogP contribution >= 0.6 is 0 Å². The maximum Gasteiger partial charge on any atom is 0.335 e. The summed E-state index contributed by atoms with van der Waals surface area (Å²) in [6, 6.07) is 3.40. The standard InChI is InChI=1S/C15H22N4O6S/c1-15(2,11-25-26(22,23)8-4-7-18-19-16)13(20)14(21)24-10-12-5-3-6-17-9-12/h3,5-6,9,13,20H,4,7-8,10-11H2,1-2H3/t13-/m0/s1. The Balaban J connectivity index is 2.51. The largest absolute Gasteiger partial charge is 0.459 e. The van der Waals surface area contributed by atoms with Crippen molar-refractivity contribution in [3.63, 3.8) is 0 Å². The highest BCUT2D eigenvalue weighted by Crippen LogP contribution is 2.23. The van der Waals surface area contributed by atoms with Crippen molar-refractivity contribution in [2.24, 2.45) is 10.5 Å². The third-order valence-electron chi connectivity index (χ3n) is 3.39. The first-order chi connectivity index (χ1) is 12.2. The number of aliphatic hydroxyl groups is 1. The number of aromatic nitrogens is 1. The van der Waals surface area contributed by atoms with E-state index in [1.165, 1.54) is 20.0 Å². The van der Waals surface area contributed by atoms with Crippen LogP contribution in [0.25, 0.3) is 10.4 Å². The molecule has 0 spiro atoms. The Morgan fingerprint density at radius 3 is 2.85 bits per heavy atom. The Morgan fingerprint density at radius 2 is 2.23 bits per heavy atom. The molecule has 0 bridgehead atoms. The van der Waals surface area contributed by atoms with Gasteiger partial charge in [0.25, 0.3) is 10.1 Å². The third-order valence-corrected chi connectivity index (χ3v) is 4.66. The normalized spacial score (nSPS) is 12.9. The summed E-state index contributed by atoms with van der Waals surface area (Å²) >= 11 is 0. The molecule has 0 amide bonds. The van der Waals surface area contributed by atoms with Gasteiger partial charge in [0.05, 0.1) is 12.4 Å². The number of esters is 1. The number of carbonyl (C=O) groups is 1. The number of pyridine rings is 1. The second-order valence-electron chi connectivity index (χ2n) is 6.19. The summed E-state index contributed by atoms with van der Waals surface area (Å²) in [5.74, 6) is -1.22. The minimum atomic E-state index is -3.86. The van der Waals surface area contributed by atoms with E-state index in [2.05, 4.69) is 15.0 Å². The Labute approximate surface area is 151 Å². The fraction of sp³-hybridized carbons (Fsp3) is 0.600. The first kappa shape index (κ1) is 21.8. The summed E-state index contributed by atoms with van der Waals surface area (Å²) in [4.78, 5) is 18.4. The monoisotopic (exact) mass is 386 g/mol. The third kappa shape index (κ3) is 7.79. The second kappa shape index (κ2) is 10.1. The summed E-state index contributed by atoms with van der Waals surface area (Å²) in [5, 5.41) is 13.4. The summed E-state index contributed by atoms with van der Waals surface area (Å²) in [6.45, 7) is 2.54. The fourth-order valence-electron chi connectivity index (χ4n) is 1.77. The molecule has 0 unspecified atom stereocenters. The highest BCUT2D eigenvalue weighted by atomic mass is 32.2. The van der Waals surface area contributed by atoms with E-state index in [0.717, 1.165) is 0 Å². The molecule has 0 aliphatic carbocycles. The molecule has 0 fully saturated rings. The van der Waals surface area contributed by atoms with Crippen LogP contribution in [0.1, 0.15) is 25.8 Å². The number of rotatable bonds is 11. The van der Waals surface area contributed by atoms with Gasteiger partial charge in [0.1, 0.15) is 6.61 Å². The quantitative estimate of drug-likeness (QED) is 0.151. The van der Waals surface area contributed by atoms with Crippen LogP contribution in [0.2, 0.25) is 0 Å². The molecule has 1 atom stereocenters. The fourth-order valence-corrected chi connectivity index (χ4v) is 2.86. The lowest BCUT2D eigenvalue weighted by Gasteiger charge is -2.28. The Morgan fingerprint density at radius 1 is 1.50 bits per heavy atom. The van der Waals surface area contributed by atoms with Crippen LogP contribution in [-0.4, -0.2) is 49.5 Å². The maximum absolute atomic E-state index is 12.0. The van der Waals surface area contributed by atoms with Crippen molar-refractivity contribution < 1.29 is 27.2 Å². The summed E-state index contributed by atoms with van der Waals surface area (Å²) in [6.07, 6.45) is 1.64. The Bertz CT molecular complexity index is 732. The molecule has 1 N–H and O–H groups in total. The lowest BCUT2D eigenvalue weighted by molar-refractivity contribution is -0.162. The predicted molar refractivity (Wildman–Crippen MR) is 92.2 cm³/mol. The van der Waals surface area contributed by atoms with Crippen molar-refractivity contribution in [2.45, 2.75) is 33.0 Å². The molecule has 10 nitrogen and oxygen atoms in total. The molecular formula is C15H22N4O6S. The number of hydrogen-bond donors (Lipinski definition) is 1. The van der Waals surface area contributed by atoms with Crippen molar-refractivity contribution in [3.05, 3.63) is 40.5 Å². The molecule has 1 heterocycles. The number of carbonyl (C=O) groups excluding carboxylic acids is 1. The minimum Gasteiger partial charge on any atom is -0.459 e. The molecule has 26 heavy (non-hydrogen) atoms. The smallest absolute Gasteiger partial charge is 0.335 e. The van der Waals surface area contributed by atoms with Crippen LogP contribution in [0.4, 0.5) is 0 Å². The van der Waals surface area contributed by atoms with Crippen molar-refractivity contribution >= 4 is 16.1 Å². The number of nitrogens with zero attached hydrogens (tertiary/aromatic N) is 4. The zero-order valence-corrected chi connectivity index (χ0v) is 15.4. The van der Waals surface area contributed by atoms with Gasteiger partial charge in [-0.15, -0.1) is 0 Å². The SMILES string of the molecule is CC(C)(COS(=O)(=O)CCCN=[N+]=[N-])[C@@H](O)C(=O)OCc1cccnc1. The van der Waals surface area contributed by atoms with Crippen molar-refractivity contribution in [2.75, 3.05) is 18.9 Å². The van der Waals surface area contributed by atoms with Crippen LogP contribution in [0, 0.1) is 5.41 Å². The van der Waals surface area contributed by atoms with E-state index in [1.807, 2.05) is 0 Å². The minimum absolute atomic E-state index is 0.0335. The van der Waals surface area contributed by atoms with Gasteiger partial charge in [0.2, 0.25) is 0 Å². The van der Waals surface area contributed by atoms with Gasteiger partial charge in [-0.3, -0.25) is 9.17 Å². The second-order valence-corrected chi connectivity index (χ2v) is 7.95. The zero-order chi connectivity index (χ0) is 19.6. The van der Waals surface area contributed by atoms with Gasteiger partial charge in [0.15, 0.2) is 6.10 Å². The van der Waals surface area contributed by atoms with Crippen LogP contribution in [-0.2, 0) is 30.4 Å².